The van der Waals surface area contributed by atoms with Crippen molar-refractivity contribution in [3.05, 3.63) is 66.2 Å². The third-order valence-electron chi connectivity index (χ3n) is 4.60. The summed E-state index contributed by atoms with van der Waals surface area (Å²) in [6.07, 6.45) is 1.72. The van der Waals surface area contributed by atoms with E-state index in [1.54, 1.807) is 19.2 Å². The van der Waals surface area contributed by atoms with E-state index >= 15 is 0 Å². The predicted molar refractivity (Wildman–Crippen MR) is 108 cm³/mol. The molecule has 0 spiro atoms. The molecule has 5 nitrogen and oxygen atoms in total. The van der Waals surface area contributed by atoms with Crippen molar-refractivity contribution in [1.82, 2.24) is 19.4 Å². The summed E-state index contributed by atoms with van der Waals surface area (Å²) in [7, 11) is -1.40. The molecule has 9 heteroatoms. The number of pyridine rings is 3. The first kappa shape index (κ1) is 20.2. The molecule has 4 rings (SSSR count). The molecule has 0 aromatic carbocycles. The number of aryl methyl sites for hydroxylation is 1. The molecule has 1 atom stereocenters. The van der Waals surface area contributed by atoms with E-state index in [0.717, 1.165) is 29.5 Å². The molecule has 0 fully saturated rings. The molecule has 0 bridgehead atoms. The summed E-state index contributed by atoms with van der Waals surface area (Å²) in [5, 5.41) is 0. The molecular formula is C21H17F3N4OS. The molecule has 0 aliphatic carbocycles. The molecule has 4 aromatic rings. The van der Waals surface area contributed by atoms with Crippen LogP contribution < -0.4 is 0 Å². The van der Waals surface area contributed by atoms with Crippen LogP contribution in [-0.4, -0.2) is 29.3 Å². The van der Waals surface area contributed by atoms with E-state index in [9.17, 15) is 17.4 Å². The lowest BCUT2D eigenvalue weighted by Gasteiger charge is -2.10. The van der Waals surface area contributed by atoms with Gasteiger partial charge in [-0.25, -0.2) is 4.98 Å². The Kier molecular flexibility index (Phi) is 5.15. The molecule has 0 saturated carbocycles. The summed E-state index contributed by atoms with van der Waals surface area (Å²) >= 11 is 0. The van der Waals surface area contributed by atoms with Crippen LogP contribution in [0, 0.1) is 6.92 Å². The van der Waals surface area contributed by atoms with Gasteiger partial charge in [-0.05, 0) is 42.8 Å². The number of imidazole rings is 1. The van der Waals surface area contributed by atoms with Gasteiger partial charge in [-0.2, -0.15) is 13.2 Å². The van der Waals surface area contributed by atoms with Gasteiger partial charge in [0, 0.05) is 36.1 Å². The zero-order valence-corrected chi connectivity index (χ0v) is 17.0. The molecule has 0 amide bonds. The third-order valence-corrected chi connectivity index (χ3v) is 5.93. The Morgan fingerprint density at radius 3 is 2.63 bits per heavy atom. The maximum atomic E-state index is 13.1. The van der Waals surface area contributed by atoms with Gasteiger partial charge in [0.2, 0.25) is 0 Å². The maximum absolute atomic E-state index is 13.1. The monoisotopic (exact) mass is 430 g/mol. The standard InChI is InChI=1S/C21H17F3N4OS/c1-3-30(29)18-9-14(16-10-15(4-6-25-16)21(22,23)24)11-26-20(18)17-12-28-7-5-13(2)8-19(28)27-17/h4-12H,3H2,1-2H3. The van der Waals surface area contributed by atoms with Crippen LogP contribution in [0.4, 0.5) is 13.2 Å². The highest BCUT2D eigenvalue weighted by Gasteiger charge is 2.31. The summed E-state index contributed by atoms with van der Waals surface area (Å²) in [4.78, 5) is 13.4. The molecule has 0 saturated heterocycles. The highest BCUT2D eigenvalue weighted by Crippen LogP contribution is 2.33. The number of fused-ring (bicyclic) bond motifs is 1. The minimum absolute atomic E-state index is 0.115. The second-order valence-electron chi connectivity index (χ2n) is 6.73. The summed E-state index contributed by atoms with van der Waals surface area (Å²) in [5.41, 5.74) is 2.43. The molecule has 0 N–H and O–H groups in total. The molecule has 30 heavy (non-hydrogen) atoms. The van der Waals surface area contributed by atoms with E-state index in [1.807, 2.05) is 29.7 Å². The van der Waals surface area contributed by atoms with Crippen LogP contribution in [0.5, 0.6) is 0 Å². The lowest BCUT2D eigenvalue weighted by atomic mass is 10.1. The second-order valence-corrected chi connectivity index (χ2v) is 8.44. The first-order valence-corrected chi connectivity index (χ1v) is 10.5. The highest BCUT2D eigenvalue weighted by atomic mass is 32.2. The number of alkyl halides is 3. The van der Waals surface area contributed by atoms with E-state index in [0.29, 0.717) is 27.6 Å². The van der Waals surface area contributed by atoms with E-state index < -0.39 is 22.5 Å². The Morgan fingerprint density at radius 2 is 1.90 bits per heavy atom. The quantitative estimate of drug-likeness (QED) is 0.461. The Hall–Kier alpha value is -3.07. The minimum Gasteiger partial charge on any atom is -0.306 e. The van der Waals surface area contributed by atoms with Crippen molar-refractivity contribution in [2.45, 2.75) is 24.9 Å². The van der Waals surface area contributed by atoms with Crippen molar-refractivity contribution in [3.63, 3.8) is 0 Å². The van der Waals surface area contributed by atoms with Gasteiger partial charge >= 0.3 is 6.18 Å². The molecule has 0 aliphatic heterocycles. The molecule has 1 unspecified atom stereocenters. The smallest absolute Gasteiger partial charge is 0.306 e. The van der Waals surface area contributed by atoms with Gasteiger partial charge in [0.1, 0.15) is 17.0 Å². The predicted octanol–water partition coefficient (Wildman–Crippen LogP) is 4.91. The van der Waals surface area contributed by atoms with Gasteiger partial charge in [0.15, 0.2) is 0 Å². The Balaban J connectivity index is 1.84. The normalized spacial score (nSPS) is 13.0. The van der Waals surface area contributed by atoms with Crippen LogP contribution in [0.25, 0.3) is 28.3 Å². The minimum atomic E-state index is -4.48. The van der Waals surface area contributed by atoms with E-state index in [1.165, 1.54) is 6.20 Å². The molecule has 4 aromatic heterocycles. The first-order chi connectivity index (χ1) is 14.3. The lowest BCUT2D eigenvalue weighted by molar-refractivity contribution is -0.137. The highest BCUT2D eigenvalue weighted by molar-refractivity contribution is 7.85. The van der Waals surface area contributed by atoms with E-state index in [2.05, 4.69) is 15.0 Å². The van der Waals surface area contributed by atoms with Crippen LogP contribution in [0.1, 0.15) is 18.1 Å². The largest absolute Gasteiger partial charge is 0.416 e. The number of aromatic nitrogens is 4. The Labute approximate surface area is 173 Å². The number of halogens is 3. The van der Waals surface area contributed by atoms with Crippen LogP contribution >= 0.6 is 0 Å². The SMILES string of the molecule is CCS(=O)c1cc(-c2cc(C(F)(F)F)ccn2)cnc1-c1cn2ccc(C)cc2n1. The van der Waals surface area contributed by atoms with Crippen molar-refractivity contribution in [2.24, 2.45) is 0 Å². The summed E-state index contributed by atoms with van der Waals surface area (Å²) < 4.78 is 53.7. The van der Waals surface area contributed by atoms with E-state index in [-0.39, 0.29) is 5.69 Å². The second kappa shape index (κ2) is 7.64. The molecule has 0 aliphatic rings. The first-order valence-electron chi connectivity index (χ1n) is 9.14. The van der Waals surface area contributed by atoms with Gasteiger partial charge < -0.3 is 4.40 Å². The van der Waals surface area contributed by atoms with Crippen LogP contribution in [0.2, 0.25) is 0 Å². The van der Waals surface area contributed by atoms with Crippen LogP contribution in [0.15, 0.2) is 60.0 Å². The van der Waals surface area contributed by atoms with Crippen molar-refractivity contribution in [3.8, 4) is 22.6 Å². The van der Waals surface area contributed by atoms with Crippen molar-refractivity contribution in [1.29, 1.82) is 0 Å². The fraction of sp³-hybridized carbons (Fsp3) is 0.190. The molecule has 0 radical (unpaired) electrons. The zero-order valence-electron chi connectivity index (χ0n) is 16.1. The summed E-state index contributed by atoms with van der Waals surface area (Å²) in [6, 6.07) is 7.32. The number of hydrogen-bond donors (Lipinski definition) is 0. The number of rotatable bonds is 4. The van der Waals surface area contributed by atoms with Crippen LogP contribution in [0.3, 0.4) is 0 Å². The average Bonchev–Trinajstić information content (AvgIpc) is 3.15. The van der Waals surface area contributed by atoms with Gasteiger partial charge in [0.25, 0.3) is 0 Å². The molecule has 154 valence electrons. The fourth-order valence-electron chi connectivity index (χ4n) is 3.07. The fourth-order valence-corrected chi connectivity index (χ4v) is 4.01. The van der Waals surface area contributed by atoms with Crippen LogP contribution in [-0.2, 0) is 17.0 Å². The van der Waals surface area contributed by atoms with Crippen molar-refractivity contribution in [2.75, 3.05) is 5.75 Å². The average molecular weight is 430 g/mol. The molecular weight excluding hydrogens is 413 g/mol. The van der Waals surface area contributed by atoms with Gasteiger partial charge in [-0.15, -0.1) is 0 Å². The maximum Gasteiger partial charge on any atom is 0.416 e. The topological polar surface area (TPSA) is 60.2 Å². The lowest BCUT2D eigenvalue weighted by Crippen LogP contribution is -2.05. The van der Waals surface area contributed by atoms with Gasteiger partial charge in [-0.3, -0.25) is 14.2 Å². The third kappa shape index (κ3) is 3.85. The van der Waals surface area contributed by atoms with E-state index in [4.69, 9.17) is 0 Å². The Morgan fingerprint density at radius 1 is 1.10 bits per heavy atom. The number of nitrogens with zero attached hydrogens (tertiary/aromatic N) is 4. The van der Waals surface area contributed by atoms with Crippen molar-refractivity contribution < 1.29 is 17.4 Å². The number of hydrogen-bond acceptors (Lipinski definition) is 4. The molecule has 4 heterocycles. The van der Waals surface area contributed by atoms with Gasteiger partial charge in [-0.1, -0.05) is 6.92 Å². The Bertz CT molecular complexity index is 1270. The summed E-state index contributed by atoms with van der Waals surface area (Å²) in [6.45, 7) is 3.73. The zero-order chi connectivity index (χ0) is 21.5. The van der Waals surface area contributed by atoms with Gasteiger partial charge in [0.05, 0.1) is 27.0 Å². The van der Waals surface area contributed by atoms with Crippen molar-refractivity contribution >= 4 is 16.4 Å². The summed E-state index contributed by atoms with van der Waals surface area (Å²) in [5.74, 6) is 0.334.